The van der Waals surface area contributed by atoms with Crippen LogP contribution in [0, 0.1) is 0 Å². The Labute approximate surface area is 221 Å². The van der Waals surface area contributed by atoms with Crippen molar-refractivity contribution in [2.45, 2.75) is 104 Å². The van der Waals surface area contributed by atoms with E-state index in [1.807, 2.05) is 0 Å². The highest BCUT2D eigenvalue weighted by molar-refractivity contribution is 5.70. The molecule has 0 N–H and O–H groups in total. The molecule has 0 aliphatic rings. The van der Waals surface area contributed by atoms with Gasteiger partial charge in [0.2, 0.25) is 0 Å². The summed E-state index contributed by atoms with van der Waals surface area (Å²) in [6.07, 6.45) is 18.6. The Bertz CT molecular complexity index is 937. The highest BCUT2D eigenvalue weighted by Crippen LogP contribution is 2.27. The maximum absolute atomic E-state index is 5.99. The molecular formula is C35H48O. The smallest absolute Gasteiger partial charge is 0.119 e. The Morgan fingerprint density at radius 1 is 0.417 bits per heavy atom. The maximum Gasteiger partial charge on any atom is 0.119 e. The van der Waals surface area contributed by atoms with E-state index in [1.54, 1.807) is 0 Å². The number of unbranched alkanes of at least 4 members (excludes halogenated alkanes) is 11. The van der Waals surface area contributed by atoms with Gasteiger partial charge >= 0.3 is 0 Å². The standard InChI is InChI=1S/C35H48O/c1-3-5-7-8-9-10-11-12-13-15-29-36-35-27-25-34(26-28-35)33-23-21-32(22-24-33)31-19-17-30(18-20-31)16-14-6-4-2/h17-28H,3-16,29H2,1-2H3. The number of rotatable bonds is 18. The van der Waals surface area contributed by atoms with Gasteiger partial charge in [-0.3, -0.25) is 0 Å². The lowest BCUT2D eigenvalue weighted by Crippen LogP contribution is -1.97. The van der Waals surface area contributed by atoms with Crippen LogP contribution in [-0.2, 0) is 6.42 Å². The molecule has 0 spiro atoms. The van der Waals surface area contributed by atoms with Gasteiger partial charge in [0.1, 0.15) is 5.75 Å². The van der Waals surface area contributed by atoms with E-state index >= 15 is 0 Å². The minimum absolute atomic E-state index is 0.821. The van der Waals surface area contributed by atoms with Crippen LogP contribution in [0.15, 0.2) is 72.8 Å². The number of benzene rings is 3. The second-order valence-electron chi connectivity index (χ2n) is 10.3. The normalized spacial score (nSPS) is 11.1. The molecule has 3 rings (SSSR count). The van der Waals surface area contributed by atoms with Gasteiger partial charge in [0.05, 0.1) is 6.61 Å². The van der Waals surface area contributed by atoms with Gasteiger partial charge < -0.3 is 4.74 Å². The van der Waals surface area contributed by atoms with Crippen LogP contribution in [0.2, 0.25) is 0 Å². The number of hydrogen-bond acceptors (Lipinski definition) is 1. The lowest BCUT2D eigenvalue weighted by Gasteiger charge is -2.09. The first-order chi connectivity index (χ1) is 17.8. The van der Waals surface area contributed by atoms with Gasteiger partial charge in [0.15, 0.2) is 0 Å². The molecule has 1 heteroatoms. The summed E-state index contributed by atoms with van der Waals surface area (Å²) in [7, 11) is 0. The van der Waals surface area contributed by atoms with Crippen molar-refractivity contribution < 1.29 is 4.74 Å². The van der Waals surface area contributed by atoms with Crippen molar-refractivity contribution in [3.05, 3.63) is 78.4 Å². The number of ether oxygens (including phenoxy) is 1. The summed E-state index contributed by atoms with van der Waals surface area (Å²) in [5.74, 6) is 0.977. The van der Waals surface area contributed by atoms with E-state index in [1.165, 1.54) is 111 Å². The van der Waals surface area contributed by atoms with E-state index in [0.717, 1.165) is 18.8 Å². The highest BCUT2D eigenvalue weighted by Gasteiger charge is 2.03. The largest absolute Gasteiger partial charge is 0.494 e. The molecule has 36 heavy (non-hydrogen) atoms. The first-order valence-corrected chi connectivity index (χ1v) is 14.7. The molecule has 0 fully saturated rings. The molecule has 1 nitrogen and oxygen atoms in total. The van der Waals surface area contributed by atoms with E-state index in [-0.39, 0.29) is 0 Å². The fourth-order valence-corrected chi connectivity index (χ4v) is 4.82. The fourth-order valence-electron chi connectivity index (χ4n) is 4.82. The molecule has 0 unspecified atom stereocenters. The molecule has 0 radical (unpaired) electrons. The molecular weight excluding hydrogens is 436 g/mol. The van der Waals surface area contributed by atoms with Gasteiger partial charge in [-0.25, -0.2) is 0 Å². The average Bonchev–Trinajstić information content (AvgIpc) is 2.93. The van der Waals surface area contributed by atoms with Gasteiger partial charge in [-0.05, 0) is 59.2 Å². The minimum atomic E-state index is 0.821. The summed E-state index contributed by atoms with van der Waals surface area (Å²) in [6.45, 7) is 5.36. The second-order valence-corrected chi connectivity index (χ2v) is 10.3. The Balaban J connectivity index is 1.36. The van der Waals surface area contributed by atoms with E-state index in [0.29, 0.717) is 0 Å². The topological polar surface area (TPSA) is 9.23 Å². The summed E-state index contributed by atoms with van der Waals surface area (Å²) in [5.41, 5.74) is 6.49. The predicted molar refractivity (Wildman–Crippen MR) is 158 cm³/mol. The molecule has 0 bridgehead atoms. The van der Waals surface area contributed by atoms with Crippen molar-refractivity contribution in [2.75, 3.05) is 6.61 Å². The Hall–Kier alpha value is -2.54. The van der Waals surface area contributed by atoms with Crippen LogP contribution in [0.5, 0.6) is 5.75 Å². The Morgan fingerprint density at radius 2 is 0.806 bits per heavy atom. The molecule has 0 saturated heterocycles. The van der Waals surface area contributed by atoms with E-state index in [2.05, 4.69) is 86.6 Å². The van der Waals surface area contributed by atoms with Crippen molar-refractivity contribution in [3.63, 3.8) is 0 Å². The van der Waals surface area contributed by atoms with Gasteiger partial charge in [0.25, 0.3) is 0 Å². The third-order valence-corrected chi connectivity index (χ3v) is 7.20. The van der Waals surface area contributed by atoms with Crippen molar-refractivity contribution in [1.29, 1.82) is 0 Å². The maximum atomic E-state index is 5.99. The van der Waals surface area contributed by atoms with Crippen LogP contribution in [0.3, 0.4) is 0 Å². The first kappa shape index (κ1) is 28.0. The molecule has 0 heterocycles. The van der Waals surface area contributed by atoms with Crippen LogP contribution >= 0.6 is 0 Å². The quantitative estimate of drug-likeness (QED) is 0.163. The second kappa shape index (κ2) is 17.0. The van der Waals surface area contributed by atoms with Gasteiger partial charge in [-0.15, -0.1) is 0 Å². The third kappa shape index (κ3) is 10.2. The fraction of sp³-hybridized carbons (Fsp3) is 0.486. The van der Waals surface area contributed by atoms with Crippen molar-refractivity contribution in [1.82, 2.24) is 0 Å². The van der Waals surface area contributed by atoms with E-state index < -0.39 is 0 Å². The summed E-state index contributed by atoms with van der Waals surface area (Å²) in [4.78, 5) is 0. The van der Waals surface area contributed by atoms with Gasteiger partial charge in [0, 0.05) is 0 Å². The molecule has 0 aromatic heterocycles. The average molecular weight is 485 g/mol. The molecule has 0 atom stereocenters. The van der Waals surface area contributed by atoms with Crippen molar-refractivity contribution >= 4 is 0 Å². The van der Waals surface area contributed by atoms with Crippen LogP contribution in [0.4, 0.5) is 0 Å². The third-order valence-electron chi connectivity index (χ3n) is 7.20. The summed E-state index contributed by atoms with van der Waals surface area (Å²) in [6, 6.07) is 26.6. The Kier molecular flexibility index (Phi) is 13.2. The lowest BCUT2D eigenvalue weighted by atomic mass is 9.98. The SMILES string of the molecule is CCCCCCCCCCCCOc1ccc(-c2ccc(-c3ccc(CCCCC)cc3)cc2)cc1. The molecule has 3 aromatic carbocycles. The van der Waals surface area contributed by atoms with E-state index in [9.17, 15) is 0 Å². The molecule has 0 aliphatic carbocycles. The van der Waals surface area contributed by atoms with Crippen molar-refractivity contribution in [2.24, 2.45) is 0 Å². The van der Waals surface area contributed by atoms with Crippen molar-refractivity contribution in [3.8, 4) is 28.0 Å². The molecule has 0 amide bonds. The highest BCUT2D eigenvalue weighted by atomic mass is 16.5. The Morgan fingerprint density at radius 3 is 1.31 bits per heavy atom. The van der Waals surface area contributed by atoms with Crippen LogP contribution in [-0.4, -0.2) is 6.61 Å². The predicted octanol–water partition coefficient (Wildman–Crippen LogP) is 11.1. The van der Waals surface area contributed by atoms with Crippen LogP contribution in [0.1, 0.15) is 103 Å². The minimum Gasteiger partial charge on any atom is -0.494 e. The van der Waals surface area contributed by atoms with Crippen LogP contribution < -0.4 is 4.74 Å². The monoisotopic (exact) mass is 484 g/mol. The first-order valence-electron chi connectivity index (χ1n) is 14.7. The summed E-state index contributed by atoms with van der Waals surface area (Å²) < 4.78 is 5.99. The molecule has 3 aromatic rings. The molecule has 0 aliphatic heterocycles. The zero-order valence-corrected chi connectivity index (χ0v) is 22.9. The van der Waals surface area contributed by atoms with E-state index in [4.69, 9.17) is 4.74 Å². The molecule has 194 valence electrons. The lowest BCUT2D eigenvalue weighted by molar-refractivity contribution is 0.304. The summed E-state index contributed by atoms with van der Waals surface area (Å²) in [5, 5.41) is 0. The zero-order chi connectivity index (χ0) is 25.3. The van der Waals surface area contributed by atoms with Gasteiger partial charge in [-0.1, -0.05) is 145 Å². The zero-order valence-electron chi connectivity index (χ0n) is 22.9. The van der Waals surface area contributed by atoms with Gasteiger partial charge in [-0.2, -0.15) is 0 Å². The summed E-state index contributed by atoms with van der Waals surface area (Å²) >= 11 is 0. The number of aryl methyl sites for hydroxylation is 1. The number of hydrogen-bond donors (Lipinski definition) is 0. The van der Waals surface area contributed by atoms with Crippen LogP contribution in [0.25, 0.3) is 22.3 Å². The molecule has 0 saturated carbocycles.